The molecule has 1 aliphatic carbocycles. The third kappa shape index (κ3) is 1.40. The van der Waals surface area contributed by atoms with Gasteiger partial charge >= 0.3 is 0 Å². The molecule has 1 aromatic rings. The summed E-state index contributed by atoms with van der Waals surface area (Å²) >= 11 is 5.09. The predicted molar refractivity (Wildman–Crippen MR) is 60.1 cm³/mol. The number of rotatable bonds is 0. The van der Waals surface area contributed by atoms with Gasteiger partial charge in [-0.25, -0.2) is 4.39 Å². The second-order valence-electron chi connectivity index (χ2n) is 4.08. The quantitative estimate of drug-likeness (QED) is 0.653. The van der Waals surface area contributed by atoms with E-state index in [1.165, 1.54) is 11.6 Å². The highest BCUT2D eigenvalue weighted by atomic mass is 32.1. The Balaban J connectivity index is 2.05. The lowest BCUT2D eigenvalue weighted by atomic mass is 9.85. The number of aryl methyl sites for hydroxylation is 1. The Morgan fingerprint density at radius 1 is 1.33 bits per heavy atom. The van der Waals surface area contributed by atoms with Crippen LogP contribution in [0.25, 0.3) is 0 Å². The van der Waals surface area contributed by atoms with E-state index in [1.807, 2.05) is 6.07 Å². The van der Waals surface area contributed by atoms with Gasteiger partial charge in [0.25, 0.3) is 0 Å². The molecule has 1 saturated heterocycles. The molecule has 2 aliphatic rings. The molecule has 0 spiro atoms. The fourth-order valence-electron chi connectivity index (χ4n) is 2.47. The molecule has 2 atom stereocenters. The van der Waals surface area contributed by atoms with Crippen LogP contribution in [0.1, 0.15) is 23.6 Å². The van der Waals surface area contributed by atoms with Crippen LogP contribution in [0.3, 0.4) is 0 Å². The molecule has 2 unspecified atom stereocenters. The molecule has 0 saturated carbocycles. The zero-order valence-electron chi connectivity index (χ0n) is 8.09. The van der Waals surface area contributed by atoms with Crippen molar-refractivity contribution in [2.45, 2.75) is 24.9 Å². The summed E-state index contributed by atoms with van der Waals surface area (Å²) in [5.74, 6) is -0.152. The zero-order chi connectivity index (χ0) is 10.4. The van der Waals surface area contributed by atoms with Crippen LogP contribution >= 0.6 is 12.2 Å². The molecular formula is C11H11FN2S. The van der Waals surface area contributed by atoms with Crippen LogP contribution < -0.4 is 10.6 Å². The van der Waals surface area contributed by atoms with Crippen LogP contribution in [0.2, 0.25) is 0 Å². The largest absolute Gasteiger partial charge is 0.358 e. The summed E-state index contributed by atoms with van der Waals surface area (Å²) < 4.78 is 13.1. The Labute approximate surface area is 92.9 Å². The summed E-state index contributed by atoms with van der Waals surface area (Å²) in [6.45, 7) is 0. The monoisotopic (exact) mass is 222 g/mol. The number of nitrogens with one attached hydrogen (secondary N) is 2. The molecule has 0 amide bonds. The number of hydrogen-bond donors (Lipinski definition) is 2. The van der Waals surface area contributed by atoms with Gasteiger partial charge in [0.15, 0.2) is 5.11 Å². The highest BCUT2D eigenvalue weighted by Crippen LogP contribution is 2.32. The lowest BCUT2D eigenvalue weighted by Crippen LogP contribution is -2.31. The van der Waals surface area contributed by atoms with Gasteiger partial charge in [-0.2, -0.15) is 0 Å². The maximum atomic E-state index is 13.1. The van der Waals surface area contributed by atoms with E-state index >= 15 is 0 Å². The topological polar surface area (TPSA) is 24.1 Å². The summed E-state index contributed by atoms with van der Waals surface area (Å²) in [6, 6.07) is 5.61. The average molecular weight is 222 g/mol. The van der Waals surface area contributed by atoms with Crippen molar-refractivity contribution >= 4 is 17.3 Å². The van der Waals surface area contributed by atoms with E-state index in [2.05, 4.69) is 10.6 Å². The fraction of sp³-hybridized carbons (Fsp3) is 0.364. The van der Waals surface area contributed by atoms with Gasteiger partial charge in [-0.15, -0.1) is 0 Å². The molecule has 1 aliphatic heterocycles. The van der Waals surface area contributed by atoms with Crippen molar-refractivity contribution < 1.29 is 4.39 Å². The summed E-state index contributed by atoms with van der Waals surface area (Å²) in [6.07, 6.45) is 1.93. The maximum Gasteiger partial charge on any atom is 0.167 e. The van der Waals surface area contributed by atoms with Crippen molar-refractivity contribution in [1.29, 1.82) is 0 Å². The van der Waals surface area contributed by atoms with Gasteiger partial charge in [-0.05, 0) is 48.3 Å². The second-order valence-corrected chi connectivity index (χ2v) is 4.49. The molecule has 0 aromatic heterocycles. The van der Waals surface area contributed by atoms with Gasteiger partial charge in [-0.1, -0.05) is 6.07 Å². The fourth-order valence-corrected chi connectivity index (χ4v) is 2.75. The molecule has 1 heterocycles. The molecule has 2 N–H and O–H groups in total. The van der Waals surface area contributed by atoms with Gasteiger partial charge < -0.3 is 10.6 Å². The third-order valence-corrected chi connectivity index (χ3v) is 3.41. The minimum Gasteiger partial charge on any atom is -0.358 e. The zero-order valence-corrected chi connectivity index (χ0v) is 8.90. The smallest absolute Gasteiger partial charge is 0.167 e. The number of halogens is 1. The minimum absolute atomic E-state index is 0.152. The molecule has 3 rings (SSSR count). The molecule has 4 heteroatoms. The minimum atomic E-state index is -0.152. The van der Waals surface area contributed by atoms with E-state index in [0.29, 0.717) is 11.2 Å². The van der Waals surface area contributed by atoms with E-state index in [9.17, 15) is 4.39 Å². The number of fused-ring (bicyclic) bond motifs is 3. The van der Waals surface area contributed by atoms with E-state index in [1.54, 1.807) is 6.07 Å². The van der Waals surface area contributed by atoms with Crippen molar-refractivity contribution in [3.63, 3.8) is 0 Å². The predicted octanol–water partition coefficient (Wildman–Crippen LogP) is 1.66. The molecule has 1 aromatic carbocycles. The van der Waals surface area contributed by atoms with Crippen molar-refractivity contribution in [1.82, 2.24) is 10.6 Å². The standard InChI is InChI=1S/C11H11FN2S/c12-7-2-3-8-6(5-7)1-4-9-10(8)14-11(15)13-9/h2-3,5,9-10H,1,4H2,(H2,13,14,15). The van der Waals surface area contributed by atoms with Gasteiger partial charge in [0.2, 0.25) is 0 Å². The van der Waals surface area contributed by atoms with Gasteiger partial charge in [-0.3, -0.25) is 0 Å². The Morgan fingerprint density at radius 2 is 2.20 bits per heavy atom. The lowest BCUT2D eigenvalue weighted by Gasteiger charge is -2.27. The van der Waals surface area contributed by atoms with E-state index in [-0.39, 0.29) is 11.9 Å². The molecule has 15 heavy (non-hydrogen) atoms. The molecular weight excluding hydrogens is 211 g/mol. The third-order valence-electron chi connectivity index (χ3n) is 3.17. The van der Waals surface area contributed by atoms with Crippen LogP contribution in [0.5, 0.6) is 0 Å². The van der Waals surface area contributed by atoms with Crippen molar-refractivity contribution in [3.8, 4) is 0 Å². The second kappa shape index (κ2) is 3.17. The van der Waals surface area contributed by atoms with Crippen LogP contribution in [-0.4, -0.2) is 11.2 Å². The first kappa shape index (κ1) is 9.09. The molecule has 78 valence electrons. The van der Waals surface area contributed by atoms with Gasteiger partial charge in [0, 0.05) is 0 Å². The van der Waals surface area contributed by atoms with Crippen molar-refractivity contribution in [2.75, 3.05) is 0 Å². The molecule has 0 bridgehead atoms. The van der Waals surface area contributed by atoms with Gasteiger partial charge in [0.05, 0.1) is 12.1 Å². The summed E-state index contributed by atoms with van der Waals surface area (Å²) in [4.78, 5) is 0. The Kier molecular flexibility index (Phi) is 1.92. The summed E-state index contributed by atoms with van der Waals surface area (Å²) in [5.41, 5.74) is 2.29. The highest BCUT2D eigenvalue weighted by molar-refractivity contribution is 7.80. The Hall–Kier alpha value is -1.16. The van der Waals surface area contributed by atoms with Crippen LogP contribution in [0.15, 0.2) is 18.2 Å². The van der Waals surface area contributed by atoms with E-state index < -0.39 is 0 Å². The summed E-state index contributed by atoms with van der Waals surface area (Å²) in [5, 5.41) is 7.18. The summed E-state index contributed by atoms with van der Waals surface area (Å²) in [7, 11) is 0. The molecule has 1 fully saturated rings. The SMILES string of the molecule is Fc1ccc2c(c1)CCC1NC(=S)NC21. The normalized spacial score (nSPS) is 27.7. The van der Waals surface area contributed by atoms with Crippen molar-refractivity contribution in [2.24, 2.45) is 0 Å². The Morgan fingerprint density at radius 3 is 3.07 bits per heavy atom. The van der Waals surface area contributed by atoms with Crippen LogP contribution in [0, 0.1) is 5.82 Å². The highest BCUT2D eigenvalue weighted by Gasteiger charge is 2.35. The first-order valence-corrected chi connectivity index (χ1v) is 5.50. The van der Waals surface area contributed by atoms with E-state index in [4.69, 9.17) is 12.2 Å². The molecule has 0 radical (unpaired) electrons. The van der Waals surface area contributed by atoms with E-state index in [0.717, 1.165) is 18.4 Å². The van der Waals surface area contributed by atoms with Gasteiger partial charge in [0.1, 0.15) is 5.82 Å². The molecule has 2 nitrogen and oxygen atoms in total. The number of hydrogen-bond acceptors (Lipinski definition) is 1. The van der Waals surface area contributed by atoms with Crippen molar-refractivity contribution in [3.05, 3.63) is 35.1 Å². The number of benzene rings is 1. The first-order chi connectivity index (χ1) is 7.24. The lowest BCUT2D eigenvalue weighted by molar-refractivity contribution is 0.464. The van der Waals surface area contributed by atoms with Crippen LogP contribution in [-0.2, 0) is 6.42 Å². The maximum absolute atomic E-state index is 13.1. The first-order valence-electron chi connectivity index (χ1n) is 5.09. The van der Waals surface area contributed by atoms with Crippen LogP contribution in [0.4, 0.5) is 4.39 Å². The average Bonchev–Trinajstić information content (AvgIpc) is 2.58. The Bertz CT molecular complexity index is 433. The number of thiocarbonyl (C=S) groups is 1.